The highest BCUT2D eigenvalue weighted by atomic mass is 32.2. The van der Waals surface area contributed by atoms with E-state index in [1.807, 2.05) is 13.8 Å². The Labute approximate surface area is 102 Å². The first kappa shape index (κ1) is 14.1. The second kappa shape index (κ2) is 5.61. The van der Waals surface area contributed by atoms with E-state index in [9.17, 15) is 8.42 Å². The molecule has 0 spiro atoms. The number of aryl methyl sites for hydroxylation is 1. The summed E-state index contributed by atoms with van der Waals surface area (Å²) < 4.78 is 27.4. The van der Waals surface area contributed by atoms with Crippen LogP contribution in [-0.2, 0) is 17.1 Å². The van der Waals surface area contributed by atoms with Crippen molar-refractivity contribution in [1.82, 2.24) is 14.1 Å². The number of hydrogen-bond acceptors (Lipinski definition) is 4. The first-order valence-corrected chi connectivity index (χ1v) is 6.96. The van der Waals surface area contributed by atoms with E-state index < -0.39 is 10.0 Å². The Morgan fingerprint density at radius 3 is 2.59 bits per heavy atom. The monoisotopic (exact) mass is 261 g/mol. The summed E-state index contributed by atoms with van der Waals surface area (Å²) in [4.78, 5) is 0. The first-order valence-electron chi connectivity index (χ1n) is 5.52. The number of aliphatic hydroxyl groups is 1. The third-order valence-electron chi connectivity index (χ3n) is 2.46. The second-order valence-electron chi connectivity index (χ2n) is 4.08. The van der Waals surface area contributed by atoms with Crippen LogP contribution in [0, 0.1) is 0 Å². The molecular formula is C10H19N3O3S. The molecule has 0 fully saturated rings. The third kappa shape index (κ3) is 3.05. The standard InChI is InChI=1S/C10H19N3O3S/c1-9(2)13(7-4-8-14)17(15,16)10-5-6-11-12(10)3/h5-6,9,14H,4,7-8H2,1-3H3. The van der Waals surface area contributed by atoms with Gasteiger partial charge in [0.2, 0.25) is 0 Å². The lowest BCUT2D eigenvalue weighted by atomic mass is 10.3. The third-order valence-corrected chi connectivity index (χ3v) is 4.61. The predicted octanol–water partition coefficient (Wildman–Crippen LogP) is 0.202. The molecule has 0 bridgehead atoms. The lowest BCUT2D eigenvalue weighted by Crippen LogP contribution is -2.38. The molecule has 1 aromatic rings. The summed E-state index contributed by atoms with van der Waals surface area (Å²) in [7, 11) is -1.94. The van der Waals surface area contributed by atoms with Gasteiger partial charge in [-0.25, -0.2) is 8.42 Å². The summed E-state index contributed by atoms with van der Waals surface area (Å²) in [6, 6.07) is 1.32. The van der Waals surface area contributed by atoms with Gasteiger partial charge in [0, 0.05) is 26.2 Å². The Morgan fingerprint density at radius 2 is 2.18 bits per heavy atom. The van der Waals surface area contributed by atoms with Crippen molar-refractivity contribution in [2.75, 3.05) is 13.2 Å². The fourth-order valence-corrected chi connectivity index (χ4v) is 3.40. The fourth-order valence-electron chi connectivity index (χ4n) is 1.62. The second-order valence-corrected chi connectivity index (χ2v) is 5.92. The average molecular weight is 261 g/mol. The molecule has 0 unspecified atom stereocenters. The van der Waals surface area contributed by atoms with Crippen molar-refractivity contribution >= 4 is 10.0 Å². The van der Waals surface area contributed by atoms with Gasteiger partial charge in [-0.2, -0.15) is 9.40 Å². The topological polar surface area (TPSA) is 75.4 Å². The van der Waals surface area contributed by atoms with Crippen LogP contribution in [0.15, 0.2) is 17.3 Å². The molecule has 0 radical (unpaired) electrons. The zero-order valence-corrected chi connectivity index (χ0v) is 11.2. The summed E-state index contributed by atoms with van der Waals surface area (Å²) in [5.74, 6) is 0. The highest BCUT2D eigenvalue weighted by molar-refractivity contribution is 7.89. The highest BCUT2D eigenvalue weighted by Crippen LogP contribution is 2.17. The Bertz CT molecular complexity index is 453. The summed E-state index contributed by atoms with van der Waals surface area (Å²) in [6.45, 7) is 3.91. The van der Waals surface area contributed by atoms with E-state index in [0.29, 0.717) is 13.0 Å². The Hall–Kier alpha value is -0.920. The lowest BCUT2D eigenvalue weighted by molar-refractivity contribution is 0.258. The van der Waals surface area contributed by atoms with Crippen molar-refractivity contribution in [3.8, 4) is 0 Å². The minimum Gasteiger partial charge on any atom is -0.396 e. The molecule has 0 amide bonds. The van der Waals surface area contributed by atoms with Crippen LogP contribution in [0.1, 0.15) is 20.3 Å². The number of rotatable bonds is 6. The van der Waals surface area contributed by atoms with Crippen molar-refractivity contribution in [2.24, 2.45) is 7.05 Å². The molecule has 17 heavy (non-hydrogen) atoms. The maximum absolute atomic E-state index is 12.3. The molecule has 0 saturated carbocycles. The first-order chi connectivity index (χ1) is 7.91. The van der Waals surface area contributed by atoms with Gasteiger partial charge in [-0.3, -0.25) is 4.68 Å². The van der Waals surface area contributed by atoms with Gasteiger partial charge >= 0.3 is 0 Å². The van der Waals surface area contributed by atoms with Crippen molar-refractivity contribution in [3.63, 3.8) is 0 Å². The van der Waals surface area contributed by atoms with E-state index in [2.05, 4.69) is 5.10 Å². The number of nitrogens with zero attached hydrogens (tertiary/aromatic N) is 3. The van der Waals surface area contributed by atoms with Crippen molar-refractivity contribution in [1.29, 1.82) is 0 Å². The molecule has 1 rings (SSSR count). The summed E-state index contributed by atoms with van der Waals surface area (Å²) in [5, 5.41) is 12.8. The van der Waals surface area contributed by atoms with Crippen LogP contribution in [0.5, 0.6) is 0 Å². The van der Waals surface area contributed by atoms with Crippen LogP contribution in [0.2, 0.25) is 0 Å². The smallest absolute Gasteiger partial charge is 0.260 e. The SMILES string of the molecule is CC(C)N(CCCO)S(=O)(=O)c1ccnn1C. The molecular weight excluding hydrogens is 242 g/mol. The average Bonchev–Trinajstić information content (AvgIpc) is 2.64. The summed E-state index contributed by atoms with van der Waals surface area (Å²) >= 11 is 0. The van der Waals surface area contributed by atoms with Crippen molar-refractivity contribution in [3.05, 3.63) is 12.3 Å². The quantitative estimate of drug-likeness (QED) is 0.794. The van der Waals surface area contributed by atoms with Crippen LogP contribution in [0.4, 0.5) is 0 Å². The fraction of sp³-hybridized carbons (Fsp3) is 0.700. The van der Waals surface area contributed by atoms with Crippen LogP contribution < -0.4 is 0 Å². The Balaban J connectivity index is 3.05. The van der Waals surface area contributed by atoms with Gasteiger partial charge in [-0.05, 0) is 26.3 Å². The maximum atomic E-state index is 12.3. The molecule has 0 aromatic carbocycles. The number of sulfonamides is 1. The van der Waals surface area contributed by atoms with Gasteiger partial charge in [-0.1, -0.05) is 0 Å². The summed E-state index contributed by atoms with van der Waals surface area (Å²) in [5.41, 5.74) is 0. The maximum Gasteiger partial charge on any atom is 0.260 e. The minimum atomic E-state index is -3.54. The van der Waals surface area contributed by atoms with Gasteiger partial charge in [0.25, 0.3) is 10.0 Å². The molecule has 0 saturated heterocycles. The largest absolute Gasteiger partial charge is 0.396 e. The molecule has 0 atom stereocenters. The van der Waals surface area contributed by atoms with Gasteiger partial charge in [0.05, 0.1) is 6.20 Å². The van der Waals surface area contributed by atoms with Crippen LogP contribution >= 0.6 is 0 Å². The molecule has 7 heteroatoms. The predicted molar refractivity (Wildman–Crippen MR) is 63.9 cm³/mol. The number of hydrogen-bond donors (Lipinski definition) is 1. The normalized spacial score (nSPS) is 12.6. The zero-order chi connectivity index (χ0) is 13.1. The lowest BCUT2D eigenvalue weighted by Gasteiger charge is -2.25. The molecule has 1 N–H and O–H groups in total. The highest BCUT2D eigenvalue weighted by Gasteiger charge is 2.28. The molecule has 98 valence electrons. The molecule has 1 heterocycles. The van der Waals surface area contributed by atoms with E-state index in [1.54, 1.807) is 7.05 Å². The zero-order valence-electron chi connectivity index (χ0n) is 10.4. The van der Waals surface area contributed by atoms with Crippen LogP contribution in [-0.4, -0.2) is 46.8 Å². The molecule has 0 aliphatic rings. The van der Waals surface area contributed by atoms with E-state index in [-0.39, 0.29) is 17.7 Å². The van der Waals surface area contributed by atoms with E-state index in [0.717, 1.165) is 0 Å². The molecule has 0 aliphatic carbocycles. The van der Waals surface area contributed by atoms with E-state index >= 15 is 0 Å². The Kier molecular flexibility index (Phi) is 4.67. The number of aliphatic hydroxyl groups excluding tert-OH is 1. The minimum absolute atomic E-state index is 0.0237. The molecule has 6 nitrogen and oxygen atoms in total. The van der Waals surface area contributed by atoms with Gasteiger partial charge in [0.1, 0.15) is 0 Å². The van der Waals surface area contributed by atoms with Crippen molar-refractivity contribution < 1.29 is 13.5 Å². The van der Waals surface area contributed by atoms with Gasteiger partial charge < -0.3 is 5.11 Å². The Morgan fingerprint density at radius 1 is 1.53 bits per heavy atom. The molecule has 1 aromatic heterocycles. The van der Waals surface area contributed by atoms with Crippen molar-refractivity contribution in [2.45, 2.75) is 31.3 Å². The summed E-state index contributed by atoms with van der Waals surface area (Å²) in [6.07, 6.45) is 1.88. The molecule has 0 aliphatic heterocycles. The van der Waals surface area contributed by atoms with Gasteiger partial charge in [0.15, 0.2) is 5.03 Å². The van der Waals surface area contributed by atoms with Crippen LogP contribution in [0.3, 0.4) is 0 Å². The van der Waals surface area contributed by atoms with E-state index in [1.165, 1.54) is 21.3 Å². The van der Waals surface area contributed by atoms with E-state index in [4.69, 9.17) is 5.11 Å². The van der Waals surface area contributed by atoms with Gasteiger partial charge in [-0.15, -0.1) is 0 Å². The van der Waals surface area contributed by atoms with Crippen LogP contribution in [0.25, 0.3) is 0 Å². The number of aromatic nitrogens is 2.